The Morgan fingerprint density at radius 2 is 0.677 bits per heavy atom. The Balaban J connectivity index is 0.000000330. The van der Waals surface area contributed by atoms with Crippen LogP contribution in [0.25, 0.3) is 0 Å². The zero-order valence-corrected chi connectivity index (χ0v) is 38.9. The monoisotopic (exact) mass is 894 g/mol. The molecule has 0 bridgehead atoms. The SMILES string of the molecule is C=CCC[C@@H](CCOC)S(=O)(=O)N(Cc1ccc(OC)cc1)Cc1ccc(OC)cc1.C=CCC[C@H](CCOC)S(=O)(=O)N(Cc1ccc(OC)cc1)Cc1ccc(OC)cc1. The Morgan fingerprint density at radius 1 is 0.435 bits per heavy atom. The number of hydrogen-bond acceptors (Lipinski definition) is 10. The summed E-state index contributed by atoms with van der Waals surface area (Å²) in [6, 6.07) is 29.9. The predicted molar refractivity (Wildman–Crippen MR) is 248 cm³/mol. The summed E-state index contributed by atoms with van der Waals surface area (Å²) >= 11 is 0. The molecular formula is C48H66N2O10S2. The average Bonchev–Trinajstić information content (AvgIpc) is 3.29. The summed E-state index contributed by atoms with van der Waals surface area (Å²) in [7, 11) is 2.42. The normalized spacial score (nSPS) is 12.5. The molecule has 14 heteroatoms. The van der Waals surface area contributed by atoms with E-state index >= 15 is 0 Å². The van der Waals surface area contributed by atoms with Crippen molar-refractivity contribution >= 4 is 20.0 Å². The second-order valence-electron chi connectivity index (χ2n) is 14.6. The minimum atomic E-state index is -3.59. The molecule has 0 heterocycles. The Morgan fingerprint density at radius 3 is 0.871 bits per heavy atom. The van der Waals surface area contributed by atoms with Crippen molar-refractivity contribution in [1.82, 2.24) is 8.61 Å². The number of methoxy groups -OCH3 is 6. The van der Waals surface area contributed by atoms with Crippen LogP contribution in [0.15, 0.2) is 122 Å². The first-order valence-electron chi connectivity index (χ1n) is 20.6. The molecule has 4 aromatic carbocycles. The maximum atomic E-state index is 13.7. The van der Waals surface area contributed by atoms with Gasteiger partial charge in [0.15, 0.2) is 0 Å². The molecule has 0 fully saturated rings. The van der Waals surface area contributed by atoms with Crippen LogP contribution in [-0.2, 0) is 55.7 Å². The molecule has 0 saturated heterocycles. The number of ether oxygens (including phenoxy) is 6. The largest absolute Gasteiger partial charge is 0.497 e. The zero-order chi connectivity index (χ0) is 45.4. The summed E-state index contributed by atoms with van der Waals surface area (Å²) in [5.74, 6) is 2.93. The third-order valence-corrected chi connectivity index (χ3v) is 14.9. The third-order valence-electron chi connectivity index (χ3n) is 10.3. The van der Waals surface area contributed by atoms with Crippen LogP contribution >= 0.6 is 0 Å². The van der Waals surface area contributed by atoms with E-state index in [1.165, 1.54) is 0 Å². The quantitative estimate of drug-likeness (QED) is 0.0510. The van der Waals surface area contributed by atoms with Gasteiger partial charge in [0.05, 0.1) is 38.9 Å². The lowest BCUT2D eigenvalue weighted by molar-refractivity contribution is 0.191. The molecule has 0 aliphatic carbocycles. The van der Waals surface area contributed by atoms with Crippen molar-refractivity contribution in [2.24, 2.45) is 0 Å². The van der Waals surface area contributed by atoms with Crippen molar-refractivity contribution in [2.75, 3.05) is 55.9 Å². The second kappa shape index (κ2) is 27.4. The molecule has 0 spiro atoms. The van der Waals surface area contributed by atoms with Gasteiger partial charge in [0, 0.05) is 53.6 Å². The van der Waals surface area contributed by atoms with Crippen molar-refractivity contribution < 1.29 is 45.3 Å². The predicted octanol–water partition coefficient (Wildman–Crippen LogP) is 8.81. The number of rotatable bonds is 28. The van der Waals surface area contributed by atoms with Crippen molar-refractivity contribution in [2.45, 2.75) is 75.2 Å². The Kier molecular flexibility index (Phi) is 22.8. The fraction of sp³-hybridized carbons (Fsp3) is 0.417. The molecule has 12 nitrogen and oxygen atoms in total. The van der Waals surface area contributed by atoms with Crippen LogP contribution in [0.1, 0.15) is 60.8 Å². The lowest BCUT2D eigenvalue weighted by Gasteiger charge is -2.28. The first-order chi connectivity index (χ1) is 29.9. The van der Waals surface area contributed by atoms with Gasteiger partial charge < -0.3 is 28.4 Å². The van der Waals surface area contributed by atoms with Crippen LogP contribution in [0, 0.1) is 0 Å². The van der Waals surface area contributed by atoms with Gasteiger partial charge in [0.25, 0.3) is 0 Å². The van der Waals surface area contributed by atoms with E-state index in [2.05, 4.69) is 13.2 Å². The van der Waals surface area contributed by atoms with Crippen LogP contribution in [0.3, 0.4) is 0 Å². The van der Waals surface area contributed by atoms with E-state index < -0.39 is 30.5 Å². The topological polar surface area (TPSA) is 130 Å². The van der Waals surface area contributed by atoms with E-state index in [-0.39, 0.29) is 26.2 Å². The van der Waals surface area contributed by atoms with Gasteiger partial charge in [-0.25, -0.2) is 16.8 Å². The maximum Gasteiger partial charge on any atom is 0.217 e. The number of nitrogens with zero attached hydrogens (tertiary/aromatic N) is 2. The molecule has 0 aromatic heterocycles. The second-order valence-corrected chi connectivity index (χ2v) is 19.0. The fourth-order valence-electron chi connectivity index (χ4n) is 6.62. The van der Waals surface area contributed by atoms with E-state index in [0.717, 1.165) is 45.3 Å². The van der Waals surface area contributed by atoms with Crippen LogP contribution in [0.2, 0.25) is 0 Å². The minimum absolute atomic E-state index is 0.274. The lowest BCUT2D eigenvalue weighted by atomic mass is 10.2. The van der Waals surface area contributed by atoms with Gasteiger partial charge in [-0.3, -0.25) is 0 Å². The van der Waals surface area contributed by atoms with E-state index in [1.54, 1.807) is 63.4 Å². The molecule has 0 radical (unpaired) electrons. The summed E-state index contributed by atoms with van der Waals surface area (Å²) in [5, 5.41) is -1.08. The molecule has 340 valence electrons. The fourth-order valence-corrected chi connectivity index (χ4v) is 10.4. The van der Waals surface area contributed by atoms with E-state index in [1.807, 2.05) is 97.1 Å². The maximum absolute atomic E-state index is 13.7. The number of benzene rings is 4. The third kappa shape index (κ3) is 16.5. The number of hydrogen-bond donors (Lipinski definition) is 0. The zero-order valence-electron chi connectivity index (χ0n) is 37.2. The van der Waals surface area contributed by atoms with Crippen molar-refractivity contribution in [3.8, 4) is 23.0 Å². The standard InChI is InChI=1S/2C24H33NO5S/c2*1-5-6-7-24(16-17-28-2)31(26,27)25(18-20-8-12-22(29-3)13-9-20)19-21-10-14-23(30-4)15-11-21/h2*5,8-15,24H,1,6-7,16-19H2,2-4H3/t2*24-/m10/s1. The summed E-state index contributed by atoms with van der Waals surface area (Å²) in [6.07, 6.45) is 6.68. The number of allylic oxidation sites excluding steroid dienone is 2. The smallest absolute Gasteiger partial charge is 0.217 e. The van der Waals surface area contributed by atoms with Gasteiger partial charge in [-0.2, -0.15) is 8.61 Å². The van der Waals surface area contributed by atoms with E-state index in [9.17, 15) is 16.8 Å². The van der Waals surface area contributed by atoms with Crippen molar-refractivity contribution in [3.05, 3.63) is 145 Å². The Bertz CT molecular complexity index is 1840. The van der Waals surface area contributed by atoms with E-state index in [4.69, 9.17) is 28.4 Å². The molecule has 0 aliphatic rings. The molecule has 4 rings (SSSR count). The molecule has 2 atom stereocenters. The summed E-state index contributed by atoms with van der Waals surface area (Å²) < 4.78 is 89.1. The molecule has 0 amide bonds. The highest BCUT2D eigenvalue weighted by atomic mass is 32.2. The molecule has 0 saturated carbocycles. The Hall–Kier alpha value is -4.70. The summed E-state index contributed by atoms with van der Waals surface area (Å²) in [6.45, 7) is 9.36. The Labute approximate surface area is 371 Å². The highest BCUT2D eigenvalue weighted by Crippen LogP contribution is 2.27. The summed E-state index contributed by atoms with van der Waals surface area (Å²) in [4.78, 5) is 0. The van der Waals surface area contributed by atoms with Gasteiger partial charge in [0.2, 0.25) is 20.0 Å². The van der Waals surface area contributed by atoms with Crippen LogP contribution in [-0.4, -0.2) is 91.8 Å². The van der Waals surface area contributed by atoms with Crippen LogP contribution in [0.5, 0.6) is 23.0 Å². The lowest BCUT2D eigenvalue weighted by Crippen LogP contribution is -2.38. The molecule has 4 aromatic rings. The van der Waals surface area contributed by atoms with Crippen LogP contribution < -0.4 is 18.9 Å². The van der Waals surface area contributed by atoms with E-state index in [0.29, 0.717) is 51.7 Å². The highest BCUT2D eigenvalue weighted by molar-refractivity contribution is 7.90. The minimum Gasteiger partial charge on any atom is -0.497 e. The van der Waals surface area contributed by atoms with Gasteiger partial charge in [-0.15, -0.1) is 13.2 Å². The average molecular weight is 895 g/mol. The molecular weight excluding hydrogens is 829 g/mol. The first-order valence-corrected chi connectivity index (χ1v) is 23.6. The van der Waals surface area contributed by atoms with Gasteiger partial charge in [-0.1, -0.05) is 60.7 Å². The highest BCUT2D eigenvalue weighted by Gasteiger charge is 2.33. The first kappa shape index (κ1) is 51.6. The molecule has 0 N–H and O–H groups in total. The van der Waals surface area contributed by atoms with Crippen molar-refractivity contribution in [1.29, 1.82) is 0 Å². The van der Waals surface area contributed by atoms with Crippen LogP contribution in [0.4, 0.5) is 0 Å². The van der Waals surface area contributed by atoms with Gasteiger partial charge in [-0.05, 0) is 109 Å². The van der Waals surface area contributed by atoms with Gasteiger partial charge >= 0.3 is 0 Å². The molecule has 0 aliphatic heterocycles. The molecule has 0 unspecified atom stereocenters. The molecule has 62 heavy (non-hydrogen) atoms. The van der Waals surface area contributed by atoms with Gasteiger partial charge in [0.1, 0.15) is 23.0 Å². The number of sulfonamides is 2. The summed E-state index contributed by atoms with van der Waals surface area (Å²) in [5.41, 5.74) is 3.58. The van der Waals surface area contributed by atoms with Crippen molar-refractivity contribution in [3.63, 3.8) is 0 Å².